The number of hydrogen-bond acceptors (Lipinski definition) is 5. The van der Waals surface area contributed by atoms with Crippen LogP contribution in [0.4, 0.5) is 19.0 Å². The summed E-state index contributed by atoms with van der Waals surface area (Å²) in [5, 5.41) is 2.08. The summed E-state index contributed by atoms with van der Waals surface area (Å²) in [7, 11) is 0. The summed E-state index contributed by atoms with van der Waals surface area (Å²) in [6, 6.07) is 0. The lowest BCUT2D eigenvalue weighted by Crippen LogP contribution is -2.29. The molecule has 0 aromatic carbocycles. The Bertz CT molecular complexity index is 395. The number of aromatic nitrogens is 2. The van der Waals surface area contributed by atoms with Crippen molar-refractivity contribution < 1.29 is 18.0 Å². The molecule has 0 aliphatic carbocycles. The van der Waals surface area contributed by atoms with Crippen LogP contribution in [-0.4, -0.2) is 28.6 Å². The van der Waals surface area contributed by atoms with E-state index in [1.807, 2.05) is 0 Å². The van der Waals surface area contributed by atoms with Crippen molar-refractivity contribution >= 4 is 11.7 Å². The van der Waals surface area contributed by atoms with E-state index in [1.165, 1.54) is 6.20 Å². The third kappa shape index (κ3) is 4.64. The van der Waals surface area contributed by atoms with Crippen molar-refractivity contribution in [1.29, 1.82) is 0 Å². The molecule has 0 aliphatic heterocycles. The molecule has 0 unspecified atom stereocenters. The zero-order chi connectivity index (χ0) is 12.9. The minimum absolute atomic E-state index is 0.109. The third-order valence-corrected chi connectivity index (χ3v) is 1.71. The van der Waals surface area contributed by atoms with Crippen LogP contribution < -0.4 is 16.6 Å². The van der Waals surface area contributed by atoms with E-state index in [4.69, 9.17) is 5.84 Å². The standard InChI is InChI=1S/C8H10F3N5O/c9-8(10,11)1-2-14-7(17)5-3-13-4-6(15-5)16-12/h3-4H,1-2,12H2,(H,14,17)(H,15,16). The Morgan fingerprint density at radius 1 is 1.41 bits per heavy atom. The van der Waals surface area contributed by atoms with Gasteiger partial charge in [-0.2, -0.15) is 13.2 Å². The van der Waals surface area contributed by atoms with Gasteiger partial charge in [-0.15, -0.1) is 0 Å². The van der Waals surface area contributed by atoms with Gasteiger partial charge in [0.15, 0.2) is 5.82 Å². The zero-order valence-electron chi connectivity index (χ0n) is 8.58. The second-order valence-corrected chi connectivity index (χ2v) is 3.05. The number of carbonyl (C=O) groups excluding carboxylic acids is 1. The fraction of sp³-hybridized carbons (Fsp3) is 0.375. The lowest BCUT2D eigenvalue weighted by molar-refractivity contribution is -0.132. The summed E-state index contributed by atoms with van der Waals surface area (Å²) in [5.74, 6) is 4.45. The first-order valence-corrected chi connectivity index (χ1v) is 4.56. The largest absolute Gasteiger partial charge is 0.390 e. The van der Waals surface area contributed by atoms with Crippen molar-refractivity contribution in [2.45, 2.75) is 12.6 Å². The topological polar surface area (TPSA) is 92.9 Å². The first kappa shape index (κ1) is 13.2. The maximum atomic E-state index is 11.8. The number of rotatable bonds is 4. The Hall–Kier alpha value is -1.90. The van der Waals surface area contributed by atoms with Gasteiger partial charge in [-0.3, -0.25) is 9.78 Å². The maximum Gasteiger partial charge on any atom is 0.390 e. The minimum Gasteiger partial charge on any atom is -0.350 e. The molecule has 1 aromatic rings. The molecule has 1 rings (SSSR count). The predicted molar refractivity (Wildman–Crippen MR) is 52.8 cm³/mol. The van der Waals surface area contributed by atoms with Gasteiger partial charge < -0.3 is 10.7 Å². The fourth-order valence-corrected chi connectivity index (χ4v) is 0.953. The molecule has 1 heterocycles. The number of nitrogens with zero attached hydrogens (tertiary/aromatic N) is 2. The predicted octanol–water partition coefficient (Wildman–Crippen LogP) is 0.444. The van der Waals surface area contributed by atoms with Crippen molar-refractivity contribution in [3.8, 4) is 0 Å². The van der Waals surface area contributed by atoms with Gasteiger partial charge in [-0.1, -0.05) is 0 Å². The van der Waals surface area contributed by atoms with E-state index in [2.05, 4.69) is 20.7 Å². The lowest BCUT2D eigenvalue weighted by Gasteiger charge is -2.07. The highest BCUT2D eigenvalue weighted by molar-refractivity contribution is 5.92. The SMILES string of the molecule is NNc1cncc(C(=O)NCCC(F)(F)F)n1. The molecule has 6 nitrogen and oxygen atoms in total. The van der Waals surface area contributed by atoms with E-state index in [-0.39, 0.29) is 11.5 Å². The number of anilines is 1. The normalized spacial score (nSPS) is 11.1. The molecular weight excluding hydrogens is 239 g/mol. The van der Waals surface area contributed by atoms with Crippen LogP contribution in [0.25, 0.3) is 0 Å². The van der Waals surface area contributed by atoms with Gasteiger partial charge in [0, 0.05) is 6.54 Å². The van der Waals surface area contributed by atoms with Crippen molar-refractivity contribution in [2.75, 3.05) is 12.0 Å². The molecule has 94 valence electrons. The van der Waals surface area contributed by atoms with Crippen LogP contribution in [0.3, 0.4) is 0 Å². The van der Waals surface area contributed by atoms with Crippen molar-refractivity contribution in [3.63, 3.8) is 0 Å². The van der Waals surface area contributed by atoms with Crippen LogP contribution in [-0.2, 0) is 0 Å². The summed E-state index contributed by atoms with van der Waals surface area (Å²) in [4.78, 5) is 18.7. The molecule has 9 heteroatoms. The quantitative estimate of drug-likeness (QED) is 0.532. The average Bonchev–Trinajstić information content (AvgIpc) is 2.27. The van der Waals surface area contributed by atoms with Crippen molar-refractivity contribution in [2.24, 2.45) is 5.84 Å². The molecule has 0 saturated carbocycles. The molecule has 17 heavy (non-hydrogen) atoms. The van der Waals surface area contributed by atoms with Crippen LogP contribution in [0.15, 0.2) is 12.4 Å². The van der Waals surface area contributed by atoms with Gasteiger partial charge in [0.1, 0.15) is 5.69 Å². The highest BCUT2D eigenvalue weighted by atomic mass is 19.4. The maximum absolute atomic E-state index is 11.8. The molecule has 0 atom stereocenters. The first-order chi connectivity index (χ1) is 7.92. The van der Waals surface area contributed by atoms with Gasteiger partial charge in [-0.25, -0.2) is 10.8 Å². The van der Waals surface area contributed by atoms with Crippen LogP contribution in [0.1, 0.15) is 16.9 Å². The molecular formula is C8H10F3N5O. The fourth-order valence-electron chi connectivity index (χ4n) is 0.953. The summed E-state index contributed by atoms with van der Waals surface area (Å²) in [6.07, 6.45) is -3.00. The van der Waals surface area contributed by atoms with Gasteiger partial charge in [0.25, 0.3) is 5.91 Å². The molecule has 0 radical (unpaired) electrons. The third-order valence-electron chi connectivity index (χ3n) is 1.71. The van der Waals surface area contributed by atoms with Gasteiger partial charge in [0.05, 0.1) is 18.8 Å². The van der Waals surface area contributed by atoms with Gasteiger partial charge in [0.2, 0.25) is 0 Å². The van der Waals surface area contributed by atoms with Crippen LogP contribution >= 0.6 is 0 Å². The highest BCUT2D eigenvalue weighted by Gasteiger charge is 2.26. The number of alkyl halides is 3. The Labute approximate surface area is 94.4 Å². The van der Waals surface area contributed by atoms with E-state index >= 15 is 0 Å². The number of hydrogen-bond donors (Lipinski definition) is 3. The summed E-state index contributed by atoms with van der Waals surface area (Å²) in [5.41, 5.74) is 2.06. The van der Waals surface area contributed by atoms with Crippen LogP contribution in [0, 0.1) is 0 Å². The van der Waals surface area contributed by atoms with Crippen molar-refractivity contribution in [3.05, 3.63) is 18.1 Å². The monoisotopic (exact) mass is 249 g/mol. The molecule has 1 amide bonds. The number of amides is 1. The number of nitrogen functional groups attached to an aromatic ring is 1. The summed E-state index contributed by atoms with van der Waals surface area (Å²) < 4.78 is 35.5. The minimum atomic E-state index is -4.31. The molecule has 0 aliphatic rings. The molecule has 0 bridgehead atoms. The van der Waals surface area contributed by atoms with E-state index in [0.29, 0.717) is 0 Å². The van der Waals surface area contributed by atoms with E-state index < -0.39 is 25.0 Å². The Balaban J connectivity index is 2.52. The number of halogens is 3. The highest BCUT2D eigenvalue weighted by Crippen LogP contribution is 2.18. The molecule has 1 aromatic heterocycles. The summed E-state index contributed by atoms with van der Waals surface area (Å²) in [6.45, 7) is -0.510. The molecule has 0 spiro atoms. The Morgan fingerprint density at radius 3 is 2.71 bits per heavy atom. The number of nitrogens with two attached hydrogens (primary N) is 1. The molecule has 0 fully saturated rings. The lowest BCUT2D eigenvalue weighted by atomic mass is 10.3. The molecule has 4 N–H and O–H groups in total. The second kappa shape index (κ2) is 5.43. The van der Waals surface area contributed by atoms with Gasteiger partial charge in [-0.05, 0) is 0 Å². The number of carbonyl (C=O) groups is 1. The average molecular weight is 249 g/mol. The zero-order valence-corrected chi connectivity index (χ0v) is 8.58. The smallest absolute Gasteiger partial charge is 0.350 e. The number of hydrazine groups is 1. The Kier molecular flexibility index (Phi) is 4.21. The van der Waals surface area contributed by atoms with Gasteiger partial charge >= 0.3 is 6.18 Å². The summed E-state index contributed by atoms with van der Waals surface area (Å²) >= 11 is 0. The van der Waals surface area contributed by atoms with E-state index in [9.17, 15) is 18.0 Å². The first-order valence-electron chi connectivity index (χ1n) is 4.56. The van der Waals surface area contributed by atoms with E-state index in [0.717, 1.165) is 6.20 Å². The van der Waals surface area contributed by atoms with Crippen LogP contribution in [0.2, 0.25) is 0 Å². The van der Waals surface area contributed by atoms with Crippen LogP contribution in [0.5, 0.6) is 0 Å². The molecule has 0 saturated heterocycles. The van der Waals surface area contributed by atoms with Crippen molar-refractivity contribution in [1.82, 2.24) is 15.3 Å². The van der Waals surface area contributed by atoms with E-state index in [1.54, 1.807) is 0 Å². The second-order valence-electron chi connectivity index (χ2n) is 3.05. The number of nitrogens with one attached hydrogen (secondary N) is 2. The Morgan fingerprint density at radius 2 is 2.12 bits per heavy atom.